The van der Waals surface area contributed by atoms with Gasteiger partial charge in [0.05, 0.1) is 16.3 Å². The molecule has 0 aliphatic rings. The Hall–Kier alpha value is -1.42. The highest BCUT2D eigenvalue weighted by molar-refractivity contribution is 6.34. The van der Waals surface area contributed by atoms with Gasteiger partial charge in [0.1, 0.15) is 0 Å². The third kappa shape index (κ3) is 3.27. The molecule has 0 bridgehead atoms. The number of carboxylic acids is 1. The van der Waals surface area contributed by atoms with Crippen LogP contribution in [0.3, 0.4) is 0 Å². The van der Waals surface area contributed by atoms with Gasteiger partial charge >= 0.3 is 5.97 Å². The number of hydrogen-bond donors (Lipinski definition) is 3. The number of halogens is 1. The number of rotatable bonds is 4. The highest BCUT2D eigenvalue weighted by atomic mass is 35.5. The number of anilines is 2. The topological polar surface area (TPSA) is 75.3 Å². The molecule has 0 atom stereocenters. The van der Waals surface area contributed by atoms with Crippen molar-refractivity contribution in [3.05, 3.63) is 22.7 Å². The Morgan fingerprint density at radius 3 is 2.59 bits per heavy atom. The molecule has 1 aromatic carbocycles. The summed E-state index contributed by atoms with van der Waals surface area (Å²) in [7, 11) is 0. The van der Waals surface area contributed by atoms with E-state index < -0.39 is 5.97 Å². The average molecular weight is 257 g/mol. The van der Waals surface area contributed by atoms with Gasteiger partial charge in [0.2, 0.25) is 0 Å². The molecule has 0 aromatic heterocycles. The fourth-order valence-electron chi connectivity index (χ4n) is 1.35. The summed E-state index contributed by atoms with van der Waals surface area (Å²) in [5.74, 6) is -1.05. The van der Waals surface area contributed by atoms with E-state index >= 15 is 0 Å². The maximum atomic E-state index is 11.1. The molecule has 0 aliphatic carbocycles. The van der Waals surface area contributed by atoms with E-state index in [1.54, 1.807) is 6.07 Å². The molecule has 1 aromatic rings. The van der Waals surface area contributed by atoms with E-state index in [2.05, 4.69) is 5.32 Å². The largest absolute Gasteiger partial charge is 0.478 e. The summed E-state index contributed by atoms with van der Waals surface area (Å²) in [6.07, 6.45) is 0.840. The minimum absolute atomic E-state index is 0.0940. The van der Waals surface area contributed by atoms with Gasteiger partial charge in [-0.15, -0.1) is 0 Å². The third-order valence-electron chi connectivity index (χ3n) is 2.69. The van der Waals surface area contributed by atoms with Crippen molar-refractivity contribution in [3.8, 4) is 0 Å². The van der Waals surface area contributed by atoms with Crippen molar-refractivity contribution in [2.45, 2.75) is 32.7 Å². The molecule has 1 rings (SSSR count). The number of nitrogens with two attached hydrogens (primary N) is 1. The van der Waals surface area contributed by atoms with Gasteiger partial charge in [-0.25, -0.2) is 4.79 Å². The van der Waals surface area contributed by atoms with Crippen LogP contribution in [0.4, 0.5) is 11.4 Å². The van der Waals surface area contributed by atoms with Crippen LogP contribution in [-0.2, 0) is 0 Å². The molecule has 4 N–H and O–H groups in total. The van der Waals surface area contributed by atoms with Crippen molar-refractivity contribution in [1.29, 1.82) is 0 Å². The maximum Gasteiger partial charge on any atom is 0.337 e. The standard InChI is InChI=1S/C12H17ClN2O2/c1-4-12(2,3)15-10-8(11(16)17)5-7(14)6-9(10)13/h5-6,15H,4,14H2,1-3H3,(H,16,17). The van der Waals surface area contributed by atoms with Gasteiger partial charge in [-0.05, 0) is 32.4 Å². The molecule has 0 saturated heterocycles. The highest BCUT2D eigenvalue weighted by Crippen LogP contribution is 2.32. The second-order valence-electron chi connectivity index (χ2n) is 4.59. The van der Waals surface area contributed by atoms with Gasteiger partial charge in [0.15, 0.2) is 0 Å². The summed E-state index contributed by atoms with van der Waals surface area (Å²) in [4.78, 5) is 11.1. The van der Waals surface area contributed by atoms with Crippen molar-refractivity contribution in [1.82, 2.24) is 0 Å². The van der Waals surface area contributed by atoms with Gasteiger partial charge in [-0.3, -0.25) is 0 Å². The van der Waals surface area contributed by atoms with Crippen LogP contribution in [0.2, 0.25) is 5.02 Å². The molecule has 94 valence electrons. The van der Waals surface area contributed by atoms with Crippen molar-refractivity contribution in [3.63, 3.8) is 0 Å². The predicted molar refractivity (Wildman–Crippen MR) is 70.8 cm³/mol. The number of hydrogen-bond acceptors (Lipinski definition) is 3. The molecule has 0 amide bonds. The number of carboxylic acid groups (broad SMARTS) is 1. The van der Waals surface area contributed by atoms with Crippen molar-refractivity contribution >= 4 is 28.9 Å². The third-order valence-corrected chi connectivity index (χ3v) is 2.99. The molecule has 0 saturated carbocycles. The Bertz CT molecular complexity index is 444. The van der Waals surface area contributed by atoms with E-state index in [1.807, 2.05) is 20.8 Å². The fraction of sp³-hybridized carbons (Fsp3) is 0.417. The molecule has 0 fully saturated rings. The van der Waals surface area contributed by atoms with E-state index in [0.29, 0.717) is 16.4 Å². The van der Waals surface area contributed by atoms with Crippen LogP contribution in [0.5, 0.6) is 0 Å². The van der Waals surface area contributed by atoms with Crippen molar-refractivity contribution < 1.29 is 9.90 Å². The lowest BCUT2D eigenvalue weighted by atomic mass is 10.0. The summed E-state index contributed by atoms with van der Waals surface area (Å²) in [6, 6.07) is 2.95. The van der Waals surface area contributed by atoms with E-state index in [1.165, 1.54) is 6.07 Å². The molecule has 5 heteroatoms. The molecule has 0 aliphatic heterocycles. The second kappa shape index (κ2) is 4.84. The summed E-state index contributed by atoms with van der Waals surface area (Å²) >= 11 is 6.04. The normalized spacial score (nSPS) is 11.3. The summed E-state index contributed by atoms with van der Waals surface area (Å²) < 4.78 is 0. The number of aromatic carboxylic acids is 1. The predicted octanol–water partition coefficient (Wildman–Crippen LogP) is 3.22. The first-order valence-corrected chi connectivity index (χ1v) is 5.75. The Labute approximate surface area is 106 Å². The van der Waals surface area contributed by atoms with Gasteiger partial charge < -0.3 is 16.2 Å². The molecular weight excluding hydrogens is 240 g/mol. The van der Waals surface area contributed by atoms with Crippen LogP contribution < -0.4 is 11.1 Å². The first-order chi connectivity index (χ1) is 7.76. The quantitative estimate of drug-likeness (QED) is 0.723. The molecular formula is C12H17ClN2O2. The Balaban J connectivity index is 3.26. The average Bonchev–Trinajstić information content (AvgIpc) is 2.21. The van der Waals surface area contributed by atoms with Gasteiger partial charge in [0.25, 0.3) is 0 Å². The van der Waals surface area contributed by atoms with E-state index in [9.17, 15) is 4.79 Å². The first kappa shape index (κ1) is 13.6. The van der Waals surface area contributed by atoms with Gasteiger partial charge in [-0.1, -0.05) is 18.5 Å². The van der Waals surface area contributed by atoms with Gasteiger partial charge in [0, 0.05) is 11.2 Å². The first-order valence-electron chi connectivity index (χ1n) is 5.37. The number of benzene rings is 1. The van der Waals surface area contributed by atoms with Crippen LogP contribution in [0, 0.1) is 0 Å². The van der Waals surface area contributed by atoms with E-state index in [4.69, 9.17) is 22.4 Å². The van der Waals surface area contributed by atoms with Crippen LogP contribution in [0.25, 0.3) is 0 Å². The van der Waals surface area contributed by atoms with E-state index in [-0.39, 0.29) is 11.1 Å². The minimum Gasteiger partial charge on any atom is -0.478 e. The zero-order valence-corrected chi connectivity index (χ0v) is 10.9. The Kier molecular flexibility index (Phi) is 3.88. The maximum absolute atomic E-state index is 11.1. The number of nitrogen functional groups attached to an aromatic ring is 1. The monoisotopic (exact) mass is 256 g/mol. The summed E-state index contributed by atoms with van der Waals surface area (Å²) in [5.41, 5.74) is 6.21. The fourth-order valence-corrected chi connectivity index (χ4v) is 1.63. The molecule has 0 spiro atoms. The Morgan fingerprint density at radius 2 is 2.12 bits per heavy atom. The SMILES string of the molecule is CCC(C)(C)Nc1c(Cl)cc(N)cc1C(=O)O. The molecule has 4 nitrogen and oxygen atoms in total. The van der Waals surface area contributed by atoms with Crippen LogP contribution in [0.1, 0.15) is 37.6 Å². The number of nitrogens with one attached hydrogen (secondary N) is 1. The zero-order chi connectivity index (χ0) is 13.2. The van der Waals surface area contributed by atoms with Crippen LogP contribution in [0.15, 0.2) is 12.1 Å². The van der Waals surface area contributed by atoms with Crippen molar-refractivity contribution in [2.75, 3.05) is 11.1 Å². The molecule has 17 heavy (non-hydrogen) atoms. The van der Waals surface area contributed by atoms with E-state index in [0.717, 1.165) is 6.42 Å². The summed E-state index contributed by atoms with van der Waals surface area (Å²) in [5, 5.41) is 12.6. The summed E-state index contributed by atoms with van der Waals surface area (Å²) in [6.45, 7) is 5.97. The lowest BCUT2D eigenvalue weighted by molar-refractivity contribution is 0.0698. The second-order valence-corrected chi connectivity index (χ2v) is 5.00. The number of carbonyl (C=O) groups is 1. The smallest absolute Gasteiger partial charge is 0.337 e. The minimum atomic E-state index is -1.05. The molecule has 0 radical (unpaired) electrons. The highest BCUT2D eigenvalue weighted by Gasteiger charge is 2.21. The van der Waals surface area contributed by atoms with Gasteiger partial charge in [-0.2, -0.15) is 0 Å². The lowest BCUT2D eigenvalue weighted by Gasteiger charge is -2.27. The molecule has 0 unspecified atom stereocenters. The van der Waals surface area contributed by atoms with Crippen LogP contribution in [-0.4, -0.2) is 16.6 Å². The molecule has 0 heterocycles. The van der Waals surface area contributed by atoms with Crippen molar-refractivity contribution in [2.24, 2.45) is 0 Å². The Morgan fingerprint density at radius 1 is 1.53 bits per heavy atom. The zero-order valence-electron chi connectivity index (χ0n) is 10.2. The lowest BCUT2D eigenvalue weighted by Crippen LogP contribution is -2.30. The van der Waals surface area contributed by atoms with Crippen LogP contribution >= 0.6 is 11.6 Å².